The second-order valence-electron chi connectivity index (χ2n) is 9.70. The van der Waals surface area contributed by atoms with Crippen LogP contribution in [0.2, 0.25) is 0 Å². The lowest BCUT2D eigenvalue weighted by molar-refractivity contribution is 0.0636. The molecule has 0 saturated heterocycles. The van der Waals surface area contributed by atoms with E-state index in [0.29, 0.717) is 12.2 Å². The third kappa shape index (κ3) is 6.70. The number of hydrogen-bond acceptors (Lipinski definition) is 6. The maximum absolute atomic E-state index is 12.0. The lowest BCUT2D eigenvalue weighted by Crippen LogP contribution is -2.27. The van der Waals surface area contributed by atoms with Gasteiger partial charge in [-0.3, -0.25) is 5.32 Å². The van der Waals surface area contributed by atoms with Gasteiger partial charge in [0, 0.05) is 23.7 Å². The molecule has 190 valence electrons. The van der Waals surface area contributed by atoms with Crippen molar-refractivity contribution < 1.29 is 23.7 Å². The first kappa shape index (κ1) is 25.4. The molecule has 0 saturated carbocycles. The molecular formula is C29H34N2O5. The molecule has 1 atom stereocenters. The van der Waals surface area contributed by atoms with Gasteiger partial charge < -0.3 is 24.3 Å². The standard InChI is InChI=1S/C29H34N2O5/c1-29(2,3)36-28(32)31-22-12-9-20(10-13-22)18-30-16-15-23(24-7-5-6-8-25(24)33-4)21-11-14-26-27(17-21)35-19-34-26/h5-14,17,23,30H,15-16,18-19H2,1-4H3,(H,31,32). The number of methoxy groups -OCH3 is 1. The Balaban J connectivity index is 1.37. The summed E-state index contributed by atoms with van der Waals surface area (Å²) in [5.74, 6) is 2.55. The van der Waals surface area contributed by atoms with Crippen molar-refractivity contribution in [2.24, 2.45) is 0 Å². The fourth-order valence-corrected chi connectivity index (χ4v) is 4.19. The van der Waals surface area contributed by atoms with E-state index in [4.69, 9.17) is 18.9 Å². The molecule has 0 bridgehead atoms. The van der Waals surface area contributed by atoms with E-state index in [1.807, 2.05) is 69.3 Å². The maximum atomic E-state index is 12.0. The van der Waals surface area contributed by atoms with Crippen LogP contribution in [-0.2, 0) is 11.3 Å². The van der Waals surface area contributed by atoms with E-state index >= 15 is 0 Å². The number of carbonyl (C=O) groups is 1. The highest BCUT2D eigenvalue weighted by atomic mass is 16.7. The Kier molecular flexibility index (Phi) is 8.00. The van der Waals surface area contributed by atoms with Gasteiger partial charge in [0.05, 0.1) is 7.11 Å². The van der Waals surface area contributed by atoms with Crippen LogP contribution in [-0.4, -0.2) is 32.1 Å². The van der Waals surface area contributed by atoms with Crippen LogP contribution in [0.25, 0.3) is 0 Å². The highest BCUT2D eigenvalue weighted by molar-refractivity contribution is 5.84. The molecule has 1 aliphatic heterocycles. The average Bonchev–Trinajstić information content (AvgIpc) is 3.32. The third-order valence-corrected chi connectivity index (χ3v) is 5.85. The normalized spacial score (nSPS) is 13.2. The molecule has 7 nitrogen and oxygen atoms in total. The predicted octanol–water partition coefficient (Wildman–Crippen LogP) is 6.08. The number of rotatable bonds is 9. The average molecular weight is 491 g/mol. The van der Waals surface area contributed by atoms with Crippen molar-refractivity contribution in [1.82, 2.24) is 5.32 Å². The fourth-order valence-electron chi connectivity index (χ4n) is 4.19. The Bertz CT molecular complexity index is 1170. The summed E-state index contributed by atoms with van der Waals surface area (Å²) in [7, 11) is 1.70. The van der Waals surface area contributed by atoms with Crippen molar-refractivity contribution >= 4 is 11.8 Å². The Hall–Kier alpha value is -3.71. The van der Waals surface area contributed by atoms with E-state index in [9.17, 15) is 4.79 Å². The van der Waals surface area contributed by atoms with Gasteiger partial charge in [-0.2, -0.15) is 0 Å². The van der Waals surface area contributed by atoms with Crippen LogP contribution in [0.1, 0.15) is 49.8 Å². The summed E-state index contributed by atoms with van der Waals surface area (Å²) < 4.78 is 22.1. The summed E-state index contributed by atoms with van der Waals surface area (Å²) >= 11 is 0. The van der Waals surface area contributed by atoms with Crippen LogP contribution in [0, 0.1) is 0 Å². The van der Waals surface area contributed by atoms with Gasteiger partial charge in [0.2, 0.25) is 6.79 Å². The SMILES string of the molecule is COc1ccccc1C(CCNCc1ccc(NC(=O)OC(C)(C)C)cc1)c1ccc2c(c1)OCO2. The number of carbonyl (C=O) groups excluding carboxylic acids is 1. The number of nitrogens with one attached hydrogen (secondary N) is 2. The zero-order valence-corrected chi connectivity index (χ0v) is 21.3. The maximum Gasteiger partial charge on any atom is 0.412 e. The first-order chi connectivity index (χ1) is 17.3. The van der Waals surface area contributed by atoms with E-state index in [1.54, 1.807) is 7.11 Å². The van der Waals surface area contributed by atoms with Crippen molar-refractivity contribution in [2.75, 3.05) is 25.8 Å². The van der Waals surface area contributed by atoms with E-state index in [1.165, 1.54) is 0 Å². The largest absolute Gasteiger partial charge is 0.496 e. The molecule has 0 radical (unpaired) electrons. The minimum absolute atomic E-state index is 0.128. The Morgan fingerprint density at radius 2 is 1.75 bits per heavy atom. The Labute approximate surface area is 212 Å². The minimum atomic E-state index is -0.532. The zero-order chi connectivity index (χ0) is 25.5. The van der Waals surface area contributed by atoms with Crippen LogP contribution in [0.4, 0.5) is 10.5 Å². The number of ether oxygens (including phenoxy) is 4. The topological polar surface area (TPSA) is 78.1 Å². The van der Waals surface area contributed by atoms with E-state index in [-0.39, 0.29) is 12.7 Å². The molecule has 0 spiro atoms. The quantitative estimate of drug-likeness (QED) is 0.354. The minimum Gasteiger partial charge on any atom is -0.496 e. The first-order valence-corrected chi connectivity index (χ1v) is 12.1. The summed E-state index contributed by atoms with van der Waals surface area (Å²) in [6.45, 7) is 7.29. The van der Waals surface area contributed by atoms with E-state index in [0.717, 1.165) is 46.9 Å². The molecule has 3 aromatic carbocycles. The summed E-state index contributed by atoms with van der Waals surface area (Å²) in [6.07, 6.45) is 0.414. The zero-order valence-electron chi connectivity index (χ0n) is 21.3. The second kappa shape index (κ2) is 11.4. The lowest BCUT2D eigenvalue weighted by Gasteiger charge is -2.21. The molecule has 1 heterocycles. The van der Waals surface area contributed by atoms with Crippen LogP contribution in [0.3, 0.4) is 0 Å². The van der Waals surface area contributed by atoms with Crippen LogP contribution < -0.4 is 24.8 Å². The molecule has 36 heavy (non-hydrogen) atoms. The van der Waals surface area contributed by atoms with Crippen molar-refractivity contribution in [3.8, 4) is 17.2 Å². The molecule has 1 aliphatic rings. The molecule has 4 rings (SSSR count). The van der Waals surface area contributed by atoms with Crippen LogP contribution in [0.15, 0.2) is 66.7 Å². The summed E-state index contributed by atoms with van der Waals surface area (Å²) in [5, 5.41) is 6.30. The number of amides is 1. The molecule has 0 fully saturated rings. The van der Waals surface area contributed by atoms with Gasteiger partial charge in [0.1, 0.15) is 11.4 Å². The first-order valence-electron chi connectivity index (χ1n) is 12.1. The molecular weight excluding hydrogens is 456 g/mol. The Morgan fingerprint density at radius 1 is 1.00 bits per heavy atom. The van der Waals surface area contributed by atoms with Crippen molar-refractivity contribution in [3.63, 3.8) is 0 Å². The summed E-state index contributed by atoms with van der Waals surface area (Å²) in [5.41, 5.74) is 3.59. The third-order valence-electron chi connectivity index (χ3n) is 5.85. The second-order valence-corrected chi connectivity index (χ2v) is 9.70. The van der Waals surface area contributed by atoms with Crippen molar-refractivity contribution in [3.05, 3.63) is 83.4 Å². The van der Waals surface area contributed by atoms with Gasteiger partial charge in [-0.15, -0.1) is 0 Å². The Morgan fingerprint density at radius 3 is 2.50 bits per heavy atom. The van der Waals surface area contributed by atoms with Gasteiger partial charge in [-0.25, -0.2) is 4.79 Å². The number of benzene rings is 3. The van der Waals surface area contributed by atoms with Gasteiger partial charge in [-0.1, -0.05) is 36.4 Å². The smallest absolute Gasteiger partial charge is 0.412 e. The van der Waals surface area contributed by atoms with Crippen LogP contribution >= 0.6 is 0 Å². The highest BCUT2D eigenvalue weighted by Gasteiger charge is 2.22. The van der Waals surface area contributed by atoms with Crippen molar-refractivity contribution in [2.45, 2.75) is 45.3 Å². The van der Waals surface area contributed by atoms with Gasteiger partial charge in [0.25, 0.3) is 0 Å². The monoisotopic (exact) mass is 490 g/mol. The molecule has 1 amide bonds. The number of anilines is 1. The highest BCUT2D eigenvalue weighted by Crippen LogP contribution is 2.39. The van der Waals surface area contributed by atoms with Gasteiger partial charge in [-0.05, 0) is 75.2 Å². The van der Waals surface area contributed by atoms with E-state index in [2.05, 4.69) is 28.8 Å². The summed E-state index contributed by atoms with van der Waals surface area (Å²) in [6, 6.07) is 22.0. The van der Waals surface area contributed by atoms with Gasteiger partial charge >= 0.3 is 6.09 Å². The molecule has 0 aliphatic carbocycles. The van der Waals surface area contributed by atoms with Crippen molar-refractivity contribution in [1.29, 1.82) is 0 Å². The molecule has 0 aromatic heterocycles. The number of hydrogen-bond donors (Lipinski definition) is 2. The number of fused-ring (bicyclic) bond motifs is 1. The molecule has 1 unspecified atom stereocenters. The molecule has 7 heteroatoms. The lowest BCUT2D eigenvalue weighted by atomic mass is 9.87. The number of para-hydroxylation sites is 1. The summed E-state index contributed by atoms with van der Waals surface area (Å²) in [4.78, 5) is 12.0. The fraction of sp³-hybridized carbons (Fsp3) is 0.345. The van der Waals surface area contributed by atoms with Crippen LogP contribution in [0.5, 0.6) is 17.2 Å². The van der Waals surface area contributed by atoms with E-state index < -0.39 is 11.7 Å². The predicted molar refractivity (Wildman–Crippen MR) is 140 cm³/mol. The molecule has 3 aromatic rings. The molecule has 2 N–H and O–H groups in total. The van der Waals surface area contributed by atoms with Gasteiger partial charge in [0.15, 0.2) is 11.5 Å².